The lowest BCUT2D eigenvalue weighted by Gasteiger charge is -2.10. The Labute approximate surface area is 210 Å². The monoisotopic (exact) mass is 487 g/mol. The molecule has 0 radical (unpaired) electrons. The van der Waals surface area contributed by atoms with E-state index in [4.69, 9.17) is 9.47 Å². The predicted molar refractivity (Wildman–Crippen MR) is 135 cm³/mol. The molecule has 1 heterocycles. The van der Waals surface area contributed by atoms with Crippen molar-refractivity contribution >= 4 is 23.5 Å². The zero-order valence-electron chi connectivity index (χ0n) is 21.4. The number of nitrogens with zero attached hydrogens (tertiary/aromatic N) is 1. The number of aryl methyl sites for hydroxylation is 6. The molecule has 7 nitrogen and oxygen atoms in total. The highest BCUT2D eigenvalue weighted by Crippen LogP contribution is 2.17. The van der Waals surface area contributed by atoms with Gasteiger partial charge in [0.05, 0.1) is 0 Å². The summed E-state index contributed by atoms with van der Waals surface area (Å²) in [4.78, 5) is 54.1. The van der Waals surface area contributed by atoms with Gasteiger partial charge < -0.3 is 9.47 Å². The van der Waals surface area contributed by atoms with Gasteiger partial charge in [-0.3, -0.25) is 9.59 Å². The molecule has 3 rings (SSSR count). The lowest BCUT2D eigenvalue weighted by Crippen LogP contribution is -2.19. The number of Topliss-reactive ketones (excluding diaryl/α,β-unsaturated/α-hetero) is 2. The molecule has 36 heavy (non-hydrogen) atoms. The summed E-state index contributed by atoms with van der Waals surface area (Å²) in [5.41, 5.74) is 6.35. The smallest absolute Gasteiger partial charge is 0.357 e. The highest BCUT2D eigenvalue weighted by molar-refractivity contribution is 6.01. The fourth-order valence-corrected chi connectivity index (χ4v) is 3.75. The SMILES string of the molecule is Cc1cc(C)c(C(=O)COC(=O)c2cccc(C(=O)OCC(=O)c3cc(C)c(C)cc3C)n2)cc1C. The number of ketones is 2. The van der Waals surface area contributed by atoms with Crippen molar-refractivity contribution in [1.82, 2.24) is 4.98 Å². The number of rotatable bonds is 8. The maximum atomic E-state index is 12.6. The molecule has 0 atom stereocenters. The zero-order valence-corrected chi connectivity index (χ0v) is 21.4. The van der Waals surface area contributed by atoms with Gasteiger partial charge in [-0.05, 0) is 99.2 Å². The molecule has 0 spiro atoms. The van der Waals surface area contributed by atoms with E-state index in [1.807, 2.05) is 53.7 Å². The molecule has 2 aromatic carbocycles. The first-order valence-electron chi connectivity index (χ1n) is 11.5. The average Bonchev–Trinajstić information content (AvgIpc) is 2.85. The first kappa shape index (κ1) is 26.5. The summed E-state index contributed by atoms with van der Waals surface area (Å²) >= 11 is 0. The molecule has 0 amide bonds. The van der Waals surface area contributed by atoms with Crippen LogP contribution < -0.4 is 0 Å². The second kappa shape index (κ2) is 11.1. The van der Waals surface area contributed by atoms with Crippen LogP contribution in [-0.4, -0.2) is 41.7 Å². The first-order valence-corrected chi connectivity index (χ1v) is 11.5. The van der Waals surface area contributed by atoms with Crippen LogP contribution in [0.15, 0.2) is 42.5 Å². The second-order valence-corrected chi connectivity index (χ2v) is 8.91. The van der Waals surface area contributed by atoms with Crippen LogP contribution in [0.3, 0.4) is 0 Å². The minimum atomic E-state index is -0.846. The van der Waals surface area contributed by atoms with E-state index in [9.17, 15) is 19.2 Å². The normalized spacial score (nSPS) is 10.6. The molecule has 0 bridgehead atoms. The maximum Gasteiger partial charge on any atom is 0.357 e. The number of carbonyl (C=O) groups is 4. The van der Waals surface area contributed by atoms with Crippen molar-refractivity contribution in [3.8, 4) is 0 Å². The number of ether oxygens (including phenoxy) is 2. The van der Waals surface area contributed by atoms with Crippen molar-refractivity contribution in [2.45, 2.75) is 41.5 Å². The molecule has 3 aromatic rings. The minimum absolute atomic E-state index is 0.148. The number of aromatic nitrogens is 1. The molecule has 0 aliphatic carbocycles. The highest BCUT2D eigenvalue weighted by atomic mass is 16.5. The molecule has 1 aromatic heterocycles. The number of benzene rings is 2. The Bertz CT molecular complexity index is 1270. The van der Waals surface area contributed by atoms with Gasteiger partial charge in [0, 0.05) is 11.1 Å². The second-order valence-electron chi connectivity index (χ2n) is 8.91. The zero-order chi connectivity index (χ0) is 26.6. The van der Waals surface area contributed by atoms with Crippen LogP contribution in [0.2, 0.25) is 0 Å². The Morgan fingerprint density at radius 2 is 0.944 bits per heavy atom. The molecule has 0 aliphatic heterocycles. The summed E-state index contributed by atoms with van der Waals surface area (Å²) < 4.78 is 10.3. The van der Waals surface area contributed by atoms with Crippen molar-refractivity contribution in [3.05, 3.63) is 98.4 Å². The van der Waals surface area contributed by atoms with Gasteiger partial charge in [0.15, 0.2) is 13.2 Å². The summed E-state index contributed by atoms with van der Waals surface area (Å²) in [6, 6.07) is 11.6. The van der Waals surface area contributed by atoms with Crippen LogP contribution in [0, 0.1) is 41.5 Å². The minimum Gasteiger partial charge on any atom is -0.453 e. The number of esters is 2. The van der Waals surface area contributed by atoms with E-state index in [0.717, 1.165) is 33.4 Å². The largest absolute Gasteiger partial charge is 0.453 e. The number of hydrogen-bond acceptors (Lipinski definition) is 7. The van der Waals surface area contributed by atoms with Crippen molar-refractivity contribution in [2.75, 3.05) is 13.2 Å². The molecule has 0 N–H and O–H groups in total. The lowest BCUT2D eigenvalue weighted by atomic mass is 9.98. The Morgan fingerprint density at radius 3 is 1.33 bits per heavy atom. The molecule has 0 fully saturated rings. The third-order valence-corrected chi connectivity index (χ3v) is 6.12. The van der Waals surface area contributed by atoms with E-state index in [2.05, 4.69) is 4.98 Å². The van der Waals surface area contributed by atoms with Crippen LogP contribution in [0.5, 0.6) is 0 Å². The van der Waals surface area contributed by atoms with Crippen LogP contribution in [0.1, 0.15) is 75.1 Å². The highest BCUT2D eigenvalue weighted by Gasteiger charge is 2.19. The summed E-state index contributed by atoms with van der Waals surface area (Å²) in [5.74, 6) is -2.36. The van der Waals surface area contributed by atoms with Crippen molar-refractivity contribution in [2.24, 2.45) is 0 Å². The molecule has 0 aliphatic rings. The molecule has 186 valence electrons. The van der Waals surface area contributed by atoms with Crippen molar-refractivity contribution in [1.29, 1.82) is 0 Å². The topological polar surface area (TPSA) is 99.6 Å². The molecule has 0 saturated heterocycles. The van der Waals surface area contributed by atoms with Crippen LogP contribution in [-0.2, 0) is 9.47 Å². The average molecular weight is 488 g/mol. The third kappa shape index (κ3) is 6.10. The van der Waals surface area contributed by atoms with Gasteiger partial charge in [0.25, 0.3) is 0 Å². The Kier molecular flexibility index (Phi) is 8.14. The van der Waals surface area contributed by atoms with Crippen LogP contribution >= 0.6 is 0 Å². The van der Waals surface area contributed by atoms with Gasteiger partial charge in [0.1, 0.15) is 11.4 Å². The fraction of sp³-hybridized carbons (Fsp3) is 0.276. The molecule has 0 unspecified atom stereocenters. The van der Waals surface area contributed by atoms with E-state index in [0.29, 0.717) is 11.1 Å². The summed E-state index contributed by atoms with van der Waals surface area (Å²) in [7, 11) is 0. The van der Waals surface area contributed by atoms with Gasteiger partial charge in [-0.25, -0.2) is 14.6 Å². The molecule has 0 saturated carbocycles. The van der Waals surface area contributed by atoms with Gasteiger partial charge in [-0.15, -0.1) is 0 Å². The Hall–Kier alpha value is -4.13. The number of hydrogen-bond donors (Lipinski definition) is 0. The maximum absolute atomic E-state index is 12.6. The van der Waals surface area contributed by atoms with E-state index in [1.165, 1.54) is 18.2 Å². The van der Waals surface area contributed by atoms with E-state index in [-0.39, 0.29) is 23.0 Å². The third-order valence-electron chi connectivity index (χ3n) is 6.12. The van der Waals surface area contributed by atoms with Crippen LogP contribution in [0.25, 0.3) is 0 Å². The number of pyridine rings is 1. The van der Waals surface area contributed by atoms with E-state index >= 15 is 0 Å². The van der Waals surface area contributed by atoms with Gasteiger partial charge in [0.2, 0.25) is 11.6 Å². The van der Waals surface area contributed by atoms with Crippen LogP contribution in [0.4, 0.5) is 0 Å². The first-order chi connectivity index (χ1) is 17.0. The molecular formula is C29H29NO6. The Balaban J connectivity index is 1.62. The van der Waals surface area contributed by atoms with Gasteiger partial charge in [-0.2, -0.15) is 0 Å². The van der Waals surface area contributed by atoms with Gasteiger partial charge in [-0.1, -0.05) is 18.2 Å². The van der Waals surface area contributed by atoms with Crippen molar-refractivity contribution < 1.29 is 28.7 Å². The van der Waals surface area contributed by atoms with E-state index in [1.54, 1.807) is 12.1 Å². The van der Waals surface area contributed by atoms with E-state index < -0.39 is 25.2 Å². The Morgan fingerprint density at radius 1 is 0.583 bits per heavy atom. The van der Waals surface area contributed by atoms with Crippen molar-refractivity contribution in [3.63, 3.8) is 0 Å². The predicted octanol–water partition coefficient (Wildman–Crippen LogP) is 5.01. The number of carbonyl (C=O) groups excluding carboxylic acids is 4. The summed E-state index contributed by atoms with van der Waals surface area (Å²) in [6.07, 6.45) is 0. The lowest BCUT2D eigenvalue weighted by molar-refractivity contribution is 0.0456. The molecule has 7 heteroatoms. The summed E-state index contributed by atoms with van der Waals surface area (Å²) in [6.45, 7) is 10.5. The summed E-state index contributed by atoms with van der Waals surface area (Å²) in [5, 5.41) is 0. The molecular weight excluding hydrogens is 458 g/mol. The quantitative estimate of drug-likeness (QED) is 0.325. The standard InChI is InChI=1S/C29H29NO6/c1-16-10-20(5)22(12-18(16)3)26(31)14-35-28(33)24-8-7-9-25(30-24)29(34)36-15-27(32)23-13-19(4)17(2)11-21(23)6/h7-13H,14-15H2,1-6H3. The van der Waals surface area contributed by atoms with Gasteiger partial charge >= 0.3 is 11.9 Å². The fourth-order valence-electron chi connectivity index (χ4n) is 3.75.